The fourth-order valence-corrected chi connectivity index (χ4v) is 3.49. The molecule has 0 bridgehead atoms. The lowest BCUT2D eigenvalue weighted by Gasteiger charge is -1.96. The molecule has 0 atom stereocenters. The predicted molar refractivity (Wildman–Crippen MR) is 91.8 cm³/mol. The molecule has 3 rings (SSSR count). The Morgan fingerprint density at radius 3 is 2.67 bits per heavy atom. The van der Waals surface area contributed by atoms with Crippen molar-refractivity contribution in [3.63, 3.8) is 0 Å². The third-order valence-corrected chi connectivity index (χ3v) is 4.98. The second-order valence-corrected chi connectivity index (χ2v) is 7.12. The molecule has 21 heavy (non-hydrogen) atoms. The minimum Gasteiger partial charge on any atom is -0.217 e. The zero-order chi connectivity index (χ0) is 14.7. The van der Waals surface area contributed by atoms with E-state index in [4.69, 9.17) is 0 Å². The summed E-state index contributed by atoms with van der Waals surface area (Å²) in [5, 5.41) is 5.83. The number of aromatic nitrogens is 3. The second-order valence-electron chi connectivity index (χ2n) is 5.17. The van der Waals surface area contributed by atoms with Gasteiger partial charge in [0.05, 0.1) is 11.9 Å². The molecule has 3 aromatic rings. The van der Waals surface area contributed by atoms with Gasteiger partial charge in [-0.2, -0.15) is 5.10 Å². The molecule has 0 amide bonds. The predicted octanol–water partition coefficient (Wildman–Crippen LogP) is 5.34. The van der Waals surface area contributed by atoms with Gasteiger partial charge in [0, 0.05) is 16.5 Å². The van der Waals surface area contributed by atoms with Crippen LogP contribution in [0.3, 0.4) is 0 Å². The van der Waals surface area contributed by atoms with Crippen molar-refractivity contribution in [2.24, 2.45) is 0 Å². The zero-order valence-electron chi connectivity index (χ0n) is 12.1. The lowest BCUT2D eigenvalue weighted by Crippen LogP contribution is -1.87. The van der Waals surface area contributed by atoms with Gasteiger partial charge in [0.2, 0.25) is 4.96 Å². The van der Waals surface area contributed by atoms with E-state index in [0.29, 0.717) is 0 Å². The molecule has 5 heteroatoms. The maximum atomic E-state index is 4.68. The minimum absolute atomic E-state index is 0.985. The van der Waals surface area contributed by atoms with Crippen LogP contribution in [-0.4, -0.2) is 14.6 Å². The Hall–Kier alpha value is -1.20. The summed E-state index contributed by atoms with van der Waals surface area (Å²) < 4.78 is 3.00. The Morgan fingerprint density at radius 2 is 1.95 bits per heavy atom. The van der Waals surface area contributed by atoms with Gasteiger partial charge in [0.1, 0.15) is 5.01 Å². The second kappa shape index (κ2) is 6.71. The van der Waals surface area contributed by atoms with Crippen molar-refractivity contribution in [2.45, 2.75) is 39.0 Å². The lowest BCUT2D eigenvalue weighted by molar-refractivity contribution is 0.661. The van der Waals surface area contributed by atoms with Gasteiger partial charge in [-0.25, -0.2) is 9.50 Å². The topological polar surface area (TPSA) is 30.2 Å². The summed E-state index contributed by atoms with van der Waals surface area (Å²) in [6.07, 6.45) is 8.20. The van der Waals surface area contributed by atoms with E-state index in [0.717, 1.165) is 27.1 Å². The van der Waals surface area contributed by atoms with E-state index in [9.17, 15) is 0 Å². The van der Waals surface area contributed by atoms with Gasteiger partial charge in [-0.05, 0) is 18.6 Å². The third kappa shape index (κ3) is 3.52. The highest BCUT2D eigenvalue weighted by Gasteiger charge is 2.09. The number of rotatable bonds is 6. The van der Waals surface area contributed by atoms with E-state index in [1.165, 1.54) is 30.7 Å². The molecule has 0 aliphatic heterocycles. The summed E-state index contributed by atoms with van der Waals surface area (Å²) in [4.78, 5) is 5.67. The Labute approximate surface area is 137 Å². The highest BCUT2D eigenvalue weighted by Crippen LogP contribution is 2.24. The normalized spacial score (nSPS) is 11.3. The van der Waals surface area contributed by atoms with Crippen molar-refractivity contribution in [1.82, 2.24) is 14.6 Å². The molecule has 0 aliphatic rings. The van der Waals surface area contributed by atoms with Gasteiger partial charge in [-0.15, -0.1) is 0 Å². The molecule has 0 aliphatic carbocycles. The SMILES string of the molecule is CCCCCCc1nn2cc(-c3ccc(Br)cc3)nc2s1. The van der Waals surface area contributed by atoms with Crippen LogP contribution in [0.25, 0.3) is 16.2 Å². The van der Waals surface area contributed by atoms with Crippen LogP contribution < -0.4 is 0 Å². The van der Waals surface area contributed by atoms with E-state index < -0.39 is 0 Å². The molecule has 0 unspecified atom stereocenters. The Kier molecular flexibility index (Phi) is 4.70. The molecule has 0 N–H and O–H groups in total. The van der Waals surface area contributed by atoms with Gasteiger partial charge in [-0.1, -0.05) is 65.6 Å². The summed E-state index contributed by atoms with van der Waals surface area (Å²) in [5.74, 6) is 0. The van der Waals surface area contributed by atoms with E-state index in [2.05, 4.69) is 45.1 Å². The fourth-order valence-electron chi connectivity index (χ4n) is 2.31. The van der Waals surface area contributed by atoms with Crippen molar-refractivity contribution in [3.05, 3.63) is 39.9 Å². The number of aryl methyl sites for hydroxylation is 1. The van der Waals surface area contributed by atoms with Gasteiger partial charge < -0.3 is 0 Å². The maximum absolute atomic E-state index is 4.68. The molecule has 2 aromatic heterocycles. The van der Waals surface area contributed by atoms with Crippen LogP contribution >= 0.6 is 27.3 Å². The van der Waals surface area contributed by atoms with Crippen LogP contribution in [0, 0.1) is 0 Å². The summed E-state index contributed by atoms with van der Waals surface area (Å²) in [6.45, 7) is 2.24. The first kappa shape index (κ1) is 14.7. The van der Waals surface area contributed by atoms with Crippen LogP contribution in [0.5, 0.6) is 0 Å². The molecular weight excluding hydrogens is 346 g/mol. The standard InChI is InChI=1S/C16H18BrN3S/c1-2-3-4-5-6-15-19-20-11-14(18-16(20)21-15)12-7-9-13(17)10-8-12/h7-11H,2-6H2,1H3. The molecule has 110 valence electrons. The van der Waals surface area contributed by atoms with Crippen LogP contribution in [0.2, 0.25) is 0 Å². The van der Waals surface area contributed by atoms with Gasteiger partial charge >= 0.3 is 0 Å². The minimum atomic E-state index is 0.985. The summed E-state index contributed by atoms with van der Waals surface area (Å²) >= 11 is 5.16. The van der Waals surface area contributed by atoms with E-state index >= 15 is 0 Å². The number of imidazole rings is 1. The van der Waals surface area contributed by atoms with Crippen molar-refractivity contribution < 1.29 is 0 Å². The third-order valence-electron chi connectivity index (χ3n) is 3.47. The number of hydrogen-bond acceptors (Lipinski definition) is 3. The van der Waals surface area contributed by atoms with Crippen LogP contribution in [0.1, 0.15) is 37.6 Å². The quantitative estimate of drug-likeness (QED) is 0.553. The molecule has 0 saturated carbocycles. The molecule has 0 saturated heterocycles. The van der Waals surface area contributed by atoms with Gasteiger partial charge in [-0.3, -0.25) is 0 Å². The maximum Gasteiger partial charge on any atom is 0.212 e. The molecule has 1 aromatic carbocycles. The molecular formula is C16H18BrN3S. The summed E-state index contributed by atoms with van der Waals surface area (Å²) in [5.41, 5.74) is 2.11. The largest absolute Gasteiger partial charge is 0.217 e. The molecule has 0 fully saturated rings. The molecule has 2 heterocycles. The number of fused-ring (bicyclic) bond motifs is 1. The first-order valence-electron chi connectivity index (χ1n) is 7.37. The van der Waals surface area contributed by atoms with Gasteiger partial charge in [0.15, 0.2) is 0 Å². The summed E-state index contributed by atoms with van der Waals surface area (Å²) in [7, 11) is 0. The van der Waals surface area contributed by atoms with Crippen molar-refractivity contribution in [2.75, 3.05) is 0 Å². The lowest BCUT2D eigenvalue weighted by atomic mass is 10.2. The first-order chi connectivity index (χ1) is 10.3. The molecule has 0 spiro atoms. The summed E-state index contributed by atoms with van der Waals surface area (Å²) in [6, 6.07) is 8.22. The average Bonchev–Trinajstić information content (AvgIpc) is 3.02. The fraction of sp³-hybridized carbons (Fsp3) is 0.375. The van der Waals surface area contributed by atoms with Crippen molar-refractivity contribution in [3.8, 4) is 11.3 Å². The first-order valence-corrected chi connectivity index (χ1v) is 8.98. The zero-order valence-corrected chi connectivity index (χ0v) is 14.5. The van der Waals surface area contributed by atoms with E-state index in [1.807, 2.05) is 22.8 Å². The highest BCUT2D eigenvalue weighted by molar-refractivity contribution is 9.10. The van der Waals surface area contributed by atoms with Crippen LogP contribution in [0.4, 0.5) is 0 Å². The highest BCUT2D eigenvalue weighted by atomic mass is 79.9. The number of benzene rings is 1. The number of hydrogen-bond donors (Lipinski definition) is 0. The van der Waals surface area contributed by atoms with E-state index in [1.54, 1.807) is 11.3 Å². The number of halogens is 1. The Morgan fingerprint density at radius 1 is 1.14 bits per heavy atom. The number of unbranched alkanes of at least 4 members (excludes halogenated alkanes) is 3. The smallest absolute Gasteiger partial charge is 0.212 e. The van der Waals surface area contributed by atoms with Crippen LogP contribution in [0.15, 0.2) is 34.9 Å². The average molecular weight is 364 g/mol. The number of nitrogens with zero attached hydrogens (tertiary/aromatic N) is 3. The van der Waals surface area contributed by atoms with E-state index in [-0.39, 0.29) is 0 Å². The monoisotopic (exact) mass is 363 g/mol. The van der Waals surface area contributed by atoms with Crippen LogP contribution in [-0.2, 0) is 6.42 Å². The molecule has 0 radical (unpaired) electrons. The Bertz CT molecular complexity index is 683. The van der Waals surface area contributed by atoms with Crippen molar-refractivity contribution >= 4 is 32.2 Å². The van der Waals surface area contributed by atoms with Crippen molar-refractivity contribution in [1.29, 1.82) is 0 Å². The molecule has 3 nitrogen and oxygen atoms in total. The van der Waals surface area contributed by atoms with Gasteiger partial charge in [0.25, 0.3) is 0 Å². The Balaban J connectivity index is 1.73.